The second-order valence-corrected chi connectivity index (χ2v) is 7.09. The van der Waals surface area contributed by atoms with Crippen LogP contribution in [0.1, 0.15) is 12.0 Å². The average molecular weight is 438 g/mol. The van der Waals surface area contributed by atoms with Gasteiger partial charge in [-0.2, -0.15) is 4.98 Å². The second kappa shape index (κ2) is 5.79. The molecule has 0 bridgehead atoms. The molecule has 3 aromatic rings. The van der Waals surface area contributed by atoms with Crippen LogP contribution in [0.25, 0.3) is 10.9 Å². The molecule has 0 atom stereocenters. The maximum absolute atomic E-state index is 12.0. The van der Waals surface area contributed by atoms with Gasteiger partial charge in [-0.05, 0) is 65.3 Å². The third-order valence-electron chi connectivity index (χ3n) is 4.14. The van der Waals surface area contributed by atoms with Crippen molar-refractivity contribution < 1.29 is 0 Å². The van der Waals surface area contributed by atoms with Gasteiger partial charge in [0.2, 0.25) is 0 Å². The Bertz CT molecular complexity index is 970. The van der Waals surface area contributed by atoms with Crippen molar-refractivity contribution in [3.8, 4) is 0 Å². The predicted octanol–water partition coefficient (Wildman–Crippen LogP) is 4.27. The standard InChI is InChI=1S/C17H13ClIN3O/c18-11-5-1-7-13-15(11)16(21-17(23)20-13)22-9-3-4-10-12(19)6-2-8-14(10)22/h1-2,5-8H,3-4,9H2,(H,20,21,23). The number of nitrogens with one attached hydrogen (secondary N) is 1. The van der Waals surface area contributed by atoms with Crippen molar-refractivity contribution >= 4 is 56.6 Å². The smallest absolute Gasteiger partial charge is 0.325 e. The minimum atomic E-state index is -0.354. The molecule has 23 heavy (non-hydrogen) atoms. The van der Waals surface area contributed by atoms with E-state index in [4.69, 9.17) is 11.6 Å². The molecule has 4 rings (SSSR count). The molecule has 1 aliphatic heterocycles. The van der Waals surface area contributed by atoms with Crippen LogP contribution < -0.4 is 10.6 Å². The molecule has 0 amide bonds. The van der Waals surface area contributed by atoms with Gasteiger partial charge in [0.1, 0.15) is 5.82 Å². The number of rotatable bonds is 1. The fourth-order valence-electron chi connectivity index (χ4n) is 3.15. The summed E-state index contributed by atoms with van der Waals surface area (Å²) in [6, 6.07) is 11.7. The Balaban J connectivity index is 2.02. The van der Waals surface area contributed by atoms with Gasteiger partial charge < -0.3 is 9.88 Å². The number of halogens is 2. The van der Waals surface area contributed by atoms with Crippen LogP contribution in [0.15, 0.2) is 41.2 Å². The molecule has 0 saturated carbocycles. The minimum Gasteiger partial charge on any atom is -0.325 e. The SMILES string of the molecule is O=c1nc(N2CCCc3c(I)cccc32)c2c(Cl)cccc2[nH]1. The van der Waals surface area contributed by atoms with E-state index < -0.39 is 0 Å². The predicted molar refractivity (Wildman–Crippen MR) is 102 cm³/mol. The lowest BCUT2D eigenvalue weighted by Gasteiger charge is -2.31. The zero-order chi connectivity index (χ0) is 16.0. The van der Waals surface area contributed by atoms with Crippen molar-refractivity contribution in [2.75, 3.05) is 11.4 Å². The molecular weight excluding hydrogens is 425 g/mol. The Hall–Kier alpha value is -1.60. The van der Waals surface area contributed by atoms with E-state index in [0.29, 0.717) is 16.4 Å². The average Bonchev–Trinajstić information content (AvgIpc) is 2.54. The number of H-pyrrole nitrogens is 1. The number of aromatic amines is 1. The van der Waals surface area contributed by atoms with Crippen LogP contribution in [0.5, 0.6) is 0 Å². The van der Waals surface area contributed by atoms with Crippen LogP contribution in [-0.2, 0) is 6.42 Å². The number of hydrogen-bond donors (Lipinski definition) is 1. The molecule has 116 valence electrons. The van der Waals surface area contributed by atoms with Gasteiger partial charge in [-0.15, -0.1) is 0 Å². The van der Waals surface area contributed by atoms with Gasteiger partial charge in [0.15, 0.2) is 0 Å². The highest BCUT2D eigenvalue weighted by atomic mass is 127. The van der Waals surface area contributed by atoms with E-state index in [-0.39, 0.29) is 5.69 Å². The first-order valence-electron chi connectivity index (χ1n) is 7.38. The van der Waals surface area contributed by atoms with Gasteiger partial charge in [-0.3, -0.25) is 0 Å². The summed E-state index contributed by atoms with van der Waals surface area (Å²) in [5, 5.41) is 1.39. The molecule has 0 radical (unpaired) electrons. The zero-order valence-corrected chi connectivity index (χ0v) is 15.1. The molecule has 0 spiro atoms. The number of aromatic nitrogens is 2. The first kappa shape index (κ1) is 15.0. The quantitative estimate of drug-likeness (QED) is 0.579. The molecule has 1 aliphatic rings. The maximum atomic E-state index is 12.0. The third kappa shape index (κ3) is 2.52. The summed E-state index contributed by atoms with van der Waals surface area (Å²) in [6.07, 6.45) is 2.06. The summed E-state index contributed by atoms with van der Waals surface area (Å²) < 4.78 is 1.24. The highest BCUT2D eigenvalue weighted by molar-refractivity contribution is 14.1. The minimum absolute atomic E-state index is 0.354. The number of anilines is 2. The van der Waals surface area contributed by atoms with Crippen molar-refractivity contribution in [3.63, 3.8) is 0 Å². The lowest BCUT2D eigenvalue weighted by molar-refractivity contribution is 0.756. The molecular formula is C17H13ClIN3O. The van der Waals surface area contributed by atoms with Crippen LogP contribution in [0, 0.1) is 3.57 Å². The van der Waals surface area contributed by atoms with Gasteiger partial charge in [-0.1, -0.05) is 23.7 Å². The lowest BCUT2D eigenvalue weighted by atomic mass is 10.0. The third-order valence-corrected chi connectivity index (χ3v) is 5.46. The largest absolute Gasteiger partial charge is 0.347 e. The van der Waals surface area contributed by atoms with Gasteiger partial charge >= 0.3 is 5.69 Å². The van der Waals surface area contributed by atoms with Crippen LogP contribution in [0.4, 0.5) is 11.5 Å². The highest BCUT2D eigenvalue weighted by Gasteiger charge is 2.23. The summed E-state index contributed by atoms with van der Waals surface area (Å²) in [7, 11) is 0. The molecule has 0 saturated heterocycles. The van der Waals surface area contributed by atoms with Crippen LogP contribution in [0.3, 0.4) is 0 Å². The van der Waals surface area contributed by atoms with Crippen molar-refractivity contribution in [1.29, 1.82) is 0 Å². The number of fused-ring (bicyclic) bond motifs is 2. The Labute approximate surface area is 151 Å². The topological polar surface area (TPSA) is 49.0 Å². The number of hydrogen-bond acceptors (Lipinski definition) is 3. The first-order valence-corrected chi connectivity index (χ1v) is 8.84. The van der Waals surface area contributed by atoms with E-state index >= 15 is 0 Å². The molecule has 2 heterocycles. The van der Waals surface area contributed by atoms with Crippen molar-refractivity contribution in [2.24, 2.45) is 0 Å². The van der Waals surface area contributed by atoms with Crippen LogP contribution >= 0.6 is 34.2 Å². The summed E-state index contributed by atoms with van der Waals surface area (Å²) in [4.78, 5) is 21.1. The van der Waals surface area contributed by atoms with Gasteiger partial charge in [0, 0.05) is 15.8 Å². The van der Waals surface area contributed by atoms with Crippen molar-refractivity contribution in [1.82, 2.24) is 9.97 Å². The summed E-state index contributed by atoms with van der Waals surface area (Å²) in [5.74, 6) is 0.636. The molecule has 6 heteroatoms. The fraction of sp³-hybridized carbons (Fsp3) is 0.176. The Morgan fingerprint density at radius 1 is 1.22 bits per heavy atom. The van der Waals surface area contributed by atoms with E-state index in [0.717, 1.165) is 30.5 Å². The molecule has 0 fully saturated rings. The van der Waals surface area contributed by atoms with Crippen molar-refractivity contribution in [3.05, 3.63) is 61.0 Å². The Morgan fingerprint density at radius 3 is 2.91 bits per heavy atom. The zero-order valence-electron chi connectivity index (χ0n) is 12.1. The van der Waals surface area contributed by atoms with Crippen LogP contribution in [-0.4, -0.2) is 16.5 Å². The van der Waals surface area contributed by atoms with E-state index in [1.165, 1.54) is 9.13 Å². The molecule has 4 nitrogen and oxygen atoms in total. The molecule has 1 N–H and O–H groups in total. The van der Waals surface area contributed by atoms with Gasteiger partial charge in [0.25, 0.3) is 0 Å². The lowest BCUT2D eigenvalue weighted by Crippen LogP contribution is -2.28. The number of nitrogens with zero attached hydrogens (tertiary/aromatic N) is 2. The van der Waals surface area contributed by atoms with E-state index in [2.05, 4.69) is 49.6 Å². The number of benzene rings is 2. The van der Waals surface area contributed by atoms with Gasteiger partial charge in [0.05, 0.1) is 15.9 Å². The summed E-state index contributed by atoms with van der Waals surface area (Å²) in [5.41, 5.74) is 2.78. The normalized spacial score (nSPS) is 14.1. The fourth-order valence-corrected chi connectivity index (χ4v) is 4.16. The Morgan fingerprint density at radius 2 is 2.04 bits per heavy atom. The maximum Gasteiger partial charge on any atom is 0.347 e. The van der Waals surface area contributed by atoms with E-state index in [1.54, 1.807) is 0 Å². The highest BCUT2D eigenvalue weighted by Crippen LogP contribution is 2.38. The second-order valence-electron chi connectivity index (χ2n) is 5.52. The molecule has 1 aromatic heterocycles. The molecule has 2 aromatic carbocycles. The van der Waals surface area contributed by atoms with Gasteiger partial charge in [-0.25, -0.2) is 4.79 Å². The van der Waals surface area contributed by atoms with E-state index in [9.17, 15) is 4.79 Å². The first-order chi connectivity index (χ1) is 11.1. The molecule has 0 unspecified atom stereocenters. The summed E-state index contributed by atoms with van der Waals surface area (Å²) in [6.45, 7) is 0.823. The molecule has 0 aliphatic carbocycles. The van der Waals surface area contributed by atoms with E-state index in [1.807, 2.05) is 24.3 Å². The van der Waals surface area contributed by atoms with Crippen molar-refractivity contribution in [2.45, 2.75) is 12.8 Å². The summed E-state index contributed by atoms with van der Waals surface area (Å²) >= 11 is 8.76. The monoisotopic (exact) mass is 437 g/mol. The Kier molecular flexibility index (Phi) is 3.77. The van der Waals surface area contributed by atoms with Crippen LogP contribution in [0.2, 0.25) is 5.02 Å².